The minimum Gasteiger partial charge on any atom is -0.427 e. The summed E-state index contributed by atoms with van der Waals surface area (Å²) < 4.78 is 0. The highest BCUT2D eigenvalue weighted by Gasteiger charge is 2.29. The lowest BCUT2D eigenvalue weighted by molar-refractivity contribution is 0.578. The first-order valence-electron chi connectivity index (χ1n) is 5.61. The van der Waals surface area contributed by atoms with Gasteiger partial charge in [-0.1, -0.05) is 41.9 Å². The molecule has 0 bridgehead atoms. The van der Waals surface area contributed by atoms with Crippen LogP contribution in [0.25, 0.3) is 0 Å². The van der Waals surface area contributed by atoms with Crippen molar-refractivity contribution in [3.05, 3.63) is 59.1 Å². The SMILES string of the molecule is OB1c2ccccc2C=NN1c1cccc(Cl)c1. The quantitative estimate of drug-likeness (QED) is 0.791. The van der Waals surface area contributed by atoms with Crippen molar-refractivity contribution in [2.24, 2.45) is 5.10 Å². The van der Waals surface area contributed by atoms with Gasteiger partial charge >= 0.3 is 7.05 Å². The van der Waals surface area contributed by atoms with Crippen LogP contribution in [0.3, 0.4) is 0 Å². The number of benzene rings is 2. The van der Waals surface area contributed by atoms with Crippen LogP contribution in [0.15, 0.2) is 53.6 Å². The number of fused-ring (bicyclic) bond motifs is 1. The highest BCUT2D eigenvalue weighted by Crippen LogP contribution is 2.21. The second kappa shape index (κ2) is 4.48. The highest BCUT2D eigenvalue weighted by molar-refractivity contribution is 6.71. The van der Waals surface area contributed by atoms with Gasteiger partial charge in [0.1, 0.15) is 0 Å². The number of hydrogen-bond acceptors (Lipinski definition) is 3. The fourth-order valence-electron chi connectivity index (χ4n) is 2.01. The van der Waals surface area contributed by atoms with Crippen LogP contribution < -0.4 is 10.4 Å². The van der Waals surface area contributed by atoms with Crippen LogP contribution in [0.2, 0.25) is 5.02 Å². The highest BCUT2D eigenvalue weighted by atomic mass is 35.5. The fourth-order valence-corrected chi connectivity index (χ4v) is 2.19. The molecule has 0 amide bonds. The van der Waals surface area contributed by atoms with E-state index in [1.807, 2.05) is 36.4 Å². The van der Waals surface area contributed by atoms with Crippen LogP contribution in [0, 0.1) is 0 Å². The molecule has 3 rings (SSSR count). The molecule has 0 aliphatic carbocycles. The van der Waals surface area contributed by atoms with E-state index in [0.29, 0.717) is 5.02 Å². The Kier molecular flexibility index (Phi) is 2.82. The minimum absolute atomic E-state index is 0.619. The number of hydrazone groups is 1. The summed E-state index contributed by atoms with van der Waals surface area (Å²) in [7, 11) is -0.787. The molecule has 1 N–H and O–H groups in total. The Morgan fingerprint density at radius 3 is 2.78 bits per heavy atom. The summed E-state index contributed by atoms with van der Waals surface area (Å²) >= 11 is 5.95. The van der Waals surface area contributed by atoms with Crippen LogP contribution in [0.4, 0.5) is 5.69 Å². The van der Waals surface area contributed by atoms with E-state index in [-0.39, 0.29) is 0 Å². The van der Waals surface area contributed by atoms with Crippen molar-refractivity contribution >= 4 is 36.0 Å². The van der Waals surface area contributed by atoms with Crippen molar-refractivity contribution in [1.82, 2.24) is 0 Å². The summed E-state index contributed by atoms with van der Waals surface area (Å²) in [5.74, 6) is 0. The third kappa shape index (κ3) is 1.90. The molecule has 0 saturated heterocycles. The zero-order valence-corrected chi connectivity index (χ0v) is 10.2. The van der Waals surface area contributed by atoms with Crippen molar-refractivity contribution in [2.45, 2.75) is 0 Å². The Hall–Kier alpha value is -1.78. The van der Waals surface area contributed by atoms with Crippen molar-refractivity contribution in [2.75, 3.05) is 4.92 Å². The van der Waals surface area contributed by atoms with Crippen molar-refractivity contribution in [1.29, 1.82) is 0 Å². The molecule has 0 saturated carbocycles. The topological polar surface area (TPSA) is 35.8 Å². The number of nitrogens with zero attached hydrogens (tertiary/aromatic N) is 2. The molecule has 0 fully saturated rings. The van der Waals surface area contributed by atoms with E-state index in [1.165, 1.54) is 0 Å². The molecule has 2 aromatic rings. The van der Waals surface area contributed by atoms with Gasteiger partial charge in [-0.05, 0) is 29.2 Å². The van der Waals surface area contributed by atoms with Crippen molar-refractivity contribution < 1.29 is 5.02 Å². The van der Waals surface area contributed by atoms with Gasteiger partial charge in [-0.25, -0.2) is 0 Å². The van der Waals surface area contributed by atoms with Crippen LogP contribution in [-0.2, 0) is 0 Å². The normalized spacial score (nSPS) is 13.7. The first-order chi connectivity index (χ1) is 8.75. The van der Waals surface area contributed by atoms with Gasteiger partial charge in [0.15, 0.2) is 0 Å². The summed E-state index contributed by atoms with van der Waals surface area (Å²) in [6.07, 6.45) is 1.74. The van der Waals surface area contributed by atoms with Crippen molar-refractivity contribution in [3.63, 3.8) is 0 Å². The molecule has 0 aromatic heterocycles. The van der Waals surface area contributed by atoms with E-state index >= 15 is 0 Å². The molecule has 0 spiro atoms. The van der Waals surface area contributed by atoms with Gasteiger partial charge in [0.05, 0.1) is 6.21 Å². The zero-order valence-electron chi connectivity index (χ0n) is 9.49. The van der Waals surface area contributed by atoms with E-state index in [2.05, 4.69) is 5.10 Å². The Bertz CT molecular complexity index is 617. The second-order valence-electron chi connectivity index (χ2n) is 4.07. The lowest BCUT2D eigenvalue weighted by Gasteiger charge is -2.26. The van der Waals surface area contributed by atoms with Gasteiger partial charge in [0, 0.05) is 10.7 Å². The van der Waals surface area contributed by atoms with Crippen LogP contribution in [-0.4, -0.2) is 18.3 Å². The van der Waals surface area contributed by atoms with Crippen LogP contribution >= 0.6 is 11.6 Å². The smallest absolute Gasteiger partial charge is 0.427 e. The van der Waals surface area contributed by atoms with Gasteiger partial charge in [0.25, 0.3) is 0 Å². The average Bonchev–Trinajstić information content (AvgIpc) is 2.39. The lowest BCUT2D eigenvalue weighted by atomic mass is 9.69. The number of halogens is 1. The molecule has 3 nitrogen and oxygen atoms in total. The maximum atomic E-state index is 10.3. The summed E-state index contributed by atoms with van der Waals surface area (Å²) in [5, 5.41) is 15.2. The van der Waals surface area contributed by atoms with Gasteiger partial charge in [-0.15, -0.1) is 0 Å². The minimum atomic E-state index is -0.787. The standard InChI is InChI=1S/C13H10BClN2O/c15-11-5-3-6-12(8-11)17-14(18)13-7-2-1-4-10(13)9-16-17/h1-9,18H. The summed E-state index contributed by atoms with van der Waals surface area (Å²) in [4.78, 5) is 1.55. The van der Waals surface area contributed by atoms with E-state index in [4.69, 9.17) is 11.6 Å². The molecule has 0 unspecified atom stereocenters. The molecule has 1 aliphatic rings. The second-order valence-corrected chi connectivity index (χ2v) is 4.51. The molecule has 2 aromatic carbocycles. The van der Waals surface area contributed by atoms with Gasteiger partial charge in [-0.2, -0.15) is 5.10 Å². The van der Waals surface area contributed by atoms with E-state index < -0.39 is 7.05 Å². The largest absolute Gasteiger partial charge is 0.471 e. The predicted octanol–water partition coefficient (Wildman–Crippen LogP) is 1.88. The maximum Gasteiger partial charge on any atom is 0.471 e. The first-order valence-corrected chi connectivity index (χ1v) is 5.99. The lowest BCUT2D eigenvalue weighted by Crippen LogP contribution is -2.50. The Morgan fingerprint density at radius 1 is 1.11 bits per heavy atom. The molecular weight excluding hydrogens is 246 g/mol. The summed E-state index contributed by atoms with van der Waals surface area (Å²) in [6.45, 7) is 0. The van der Waals surface area contributed by atoms with E-state index in [1.54, 1.807) is 23.3 Å². The molecule has 88 valence electrons. The molecule has 0 atom stereocenters. The third-order valence-electron chi connectivity index (χ3n) is 2.90. The summed E-state index contributed by atoms with van der Waals surface area (Å²) in [5.41, 5.74) is 2.54. The van der Waals surface area contributed by atoms with Gasteiger partial charge < -0.3 is 5.02 Å². The first kappa shape index (κ1) is 11.3. The monoisotopic (exact) mass is 256 g/mol. The van der Waals surface area contributed by atoms with Crippen LogP contribution in [0.1, 0.15) is 5.56 Å². The maximum absolute atomic E-state index is 10.3. The number of anilines is 1. The summed E-state index contributed by atoms with van der Waals surface area (Å²) in [6, 6.07) is 14.9. The number of hydrogen-bond donors (Lipinski definition) is 1. The molecule has 1 aliphatic heterocycles. The van der Waals surface area contributed by atoms with E-state index in [9.17, 15) is 5.02 Å². The predicted molar refractivity (Wildman–Crippen MR) is 75.6 cm³/mol. The average molecular weight is 257 g/mol. The Labute approximate surface area is 110 Å². The van der Waals surface area contributed by atoms with Gasteiger partial charge in [0.2, 0.25) is 0 Å². The number of rotatable bonds is 1. The molecular formula is C13H10BClN2O. The third-order valence-corrected chi connectivity index (χ3v) is 3.13. The zero-order chi connectivity index (χ0) is 12.5. The molecule has 18 heavy (non-hydrogen) atoms. The molecule has 0 radical (unpaired) electrons. The molecule has 5 heteroatoms. The Balaban J connectivity index is 2.03. The van der Waals surface area contributed by atoms with Crippen LogP contribution in [0.5, 0.6) is 0 Å². The Morgan fingerprint density at radius 2 is 1.94 bits per heavy atom. The van der Waals surface area contributed by atoms with Crippen molar-refractivity contribution in [3.8, 4) is 0 Å². The molecule has 1 heterocycles. The van der Waals surface area contributed by atoms with E-state index in [0.717, 1.165) is 16.7 Å². The van der Waals surface area contributed by atoms with Gasteiger partial charge in [-0.3, -0.25) is 4.92 Å². The fraction of sp³-hybridized carbons (Fsp3) is 0.